The van der Waals surface area contributed by atoms with Crippen LogP contribution in [0.2, 0.25) is 0 Å². The summed E-state index contributed by atoms with van der Waals surface area (Å²) in [4.78, 5) is 38.3. The Hall–Kier alpha value is -3.72. The van der Waals surface area contributed by atoms with Crippen molar-refractivity contribution in [3.05, 3.63) is 70.9 Å². The van der Waals surface area contributed by atoms with E-state index in [2.05, 4.69) is 34.0 Å². The van der Waals surface area contributed by atoms with Gasteiger partial charge in [-0.15, -0.1) is 0 Å². The first-order chi connectivity index (χ1) is 16.8. The maximum absolute atomic E-state index is 12.8. The van der Waals surface area contributed by atoms with E-state index in [-0.39, 0.29) is 35.4 Å². The zero-order chi connectivity index (χ0) is 25.1. The van der Waals surface area contributed by atoms with Crippen molar-refractivity contribution in [3.8, 4) is 11.1 Å². The highest BCUT2D eigenvalue weighted by Crippen LogP contribution is 2.44. The molecule has 0 bridgehead atoms. The van der Waals surface area contributed by atoms with Crippen molar-refractivity contribution in [3.63, 3.8) is 0 Å². The second kappa shape index (κ2) is 10.3. The summed E-state index contributed by atoms with van der Waals surface area (Å²) in [6.07, 6.45) is -0.0705. The molecule has 9 heteroatoms. The molecule has 4 rings (SSSR count). The third kappa shape index (κ3) is 4.90. The van der Waals surface area contributed by atoms with E-state index in [1.807, 2.05) is 31.2 Å². The Morgan fingerprint density at radius 2 is 1.71 bits per heavy atom. The number of nitrogens with zero attached hydrogens (tertiary/aromatic N) is 2. The summed E-state index contributed by atoms with van der Waals surface area (Å²) in [6.45, 7) is 3.64. The molecule has 8 nitrogen and oxygen atoms in total. The summed E-state index contributed by atoms with van der Waals surface area (Å²) in [6, 6.07) is 15.8. The minimum atomic E-state index is -1.13. The molecular formula is C26H27N3O5S. The largest absolute Gasteiger partial charge is 0.478 e. The standard InChI is InChI=1S/C26H27N3O5S/c1-4-16(13-22(30)29(3)24-23(25(31)32)15(2)28-35-24)27-26(33)34-14-21-19-11-7-5-9-17(19)18-10-6-8-12-20(18)21/h5-12,16,21H,4,13-14H2,1-3H3,(H,27,33)(H,31,32)/t16-/m1/s1. The summed E-state index contributed by atoms with van der Waals surface area (Å²) in [7, 11) is 1.52. The molecule has 0 unspecified atom stereocenters. The van der Waals surface area contributed by atoms with Crippen LogP contribution in [0.4, 0.5) is 9.80 Å². The molecule has 0 fully saturated rings. The maximum atomic E-state index is 12.8. The molecule has 0 spiro atoms. The van der Waals surface area contributed by atoms with Crippen LogP contribution in [0, 0.1) is 6.92 Å². The van der Waals surface area contributed by atoms with E-state index in [0.717, 1.165) is 33.8 Å². The predicted molar refractivity (Wildman–Crippen MR) is 134 cm³/mol. The molecule has 1 aliphatic carbocycles. The molecule has 0 aliphatic heterocycles. The normalized spacial score (nSPS) is 13.0. The number of amides is 2. The molecule has 35 heavy (non-hydrogen) atoms. The third-order valence-electron chi connectivity index (χ3n) is 6.32. The van der Waals surface area contributed by atoms with Gasteiger partial charge in [0, 0.05) is 25.4 Å². The Morgan fingerprint density at radius 3 is 2.29 bits per heavy atom. The fraction of sp³-hybridized carbons (Fsp3) is 0.308. The van der Waals surface area contributed by atoms with Gasteiger partial charge in [0.15, 0.2) is 0 Å². The molecule has 1 aliphatic rings. The van der Waals surface area contributed by atoms with Crippen LogP contribution in [0.3, 0.4) is 0 Å². The molecule has 1 aromatic heterocycles. The third-order valence-corrected chi connectivity index (χ3v) is 7.33. The smallest absolute Gasteiger partial charge is 0.407 e. The number of benzene rings is 2. The number of carbonyl (C=O) groups is 3. The Morgan fingerprint density at radius 1 is 1.11 bits per heavy atom. The fourth-order valence-electron chi connectivity index (χ4n) is 4.40. The summed E-state index contributed by atoms with van der Waals surface area (Å²) in [5, 5.41) is 12.5. The molecule has 0 saturated heterocycles. The number of anilines is 1. The van der Waals surface area contributed by atoms with Gasteiger partial charge in [0.05, 0.1) is 5.69 Å². The summed E-state index contributed by atoms with van der Waals surface area (Å²) < 4.78 is 9.65. The zero-order valence-electron chi connectivity index (χ0n) is 19.8. The van der Waals surface area contributed by atoms with Crippen molar-refractivity contribution in [1.29, 1.82) is 0 Å². The molecule has 1 atom stereocenters. The van der Waals surface area contributed by atoms with E-state index in [4.69, 9.17) is 4.74 Å². The van der Waals surface area contributed by atoms with Crippen LogP contribution in [0.15, 0.2) is 48.5 Å². The highest BCUT2D eigenvalue weighted by molar-refractivity contribution is 7.11. The molecule has 2 amide bonds. The number of carboxylic acids is 1. The minimum absolute atomic E-state index is 0.00714. The highest BCUT2D eigenvalue weighted by Gasteiger charge is 2.30. The lowest BCUT2D eigenvalue weighted by atomic mass is 9.98. The van der Waals surface area contributed by atoms with Crippen LogP contribution in [-0.2, 0) is 9.53 Å². The van der Waals surface area contributed by atoms with Gasteiger partial charge in [-0.25, -0.2) is 9.59 Å². The van der Waals surface area contributed by atoms with E-state index >= 15 is 0 Å². The van der Waals surface area contributed by atoms with Crippen molar-refractivity contribution in [1.82, 2.24) is 9.69 Å². The number of aryl methyl sites for hydroxylation is 1. The van der Waals surface area contributed by atoms with Crippen molar-refractivity contribution in [2.75, 3.05) is 18.6 Å². The maximum Gasteiger partial charge on any atom is 0.407 e. The lowest BCUT2D eigenvalue weighted by molar-refractivity contribution is -0.118. The number of carboxylic acid groups (broad SMARTS) is 1. The molecule has 182 valence electrons. The van der Waals surface area contributed by atoms with Gasteiger partial charge < -0.3 is 20.1 Å². The number of nitrogens with one attached hydrogen (secondary N) is 1. The van der Waals surface area contributed by atoms with Crippen LogP contribution in [-0.4, -0.2) is 47.1 Å². The number of carbonyl (C=O) groups excluding carboxylic acids is 2. The summed E-state index contributed by atoms with van der Waals surface area (Å²) >= 11 is 0.963. The van der Waals surface area contributed by atoms with Crippen LogP contribution in [0.25, 0.3) is 11.1 Å². The van der Waals surface area contributed by atoms with Gasteiger partial charge in [0.25, 0.3) is 0 Å². The van der Waals surface area contributed by atoms with E-state index in [9.17, 15) is 19.5 Å². The number of hydrogen-bond acceptors (Lipinski definition) is 6. The van der Waals surface area contributed by atoms with Crippen LogP contribution in [0.1, 0.15) is 52.9 Å². The lowest BCUT2D eigenvalue weighted by Crippen LogP contribution is -2.40. The summed E-state index contributed by atoms with van der Waals surface area (Å²) in [5.74, 6) is -1.50. The average Bonchev–Trinajstić information content (AvgIpc) is 3.39. The number of rotatable bonds is 8. The lowest BCUT2D eigenvalue weighted by Gasteiger charge is -2.21. The molecule has 2 aromatic carbocycles. The first-order valence-corrected chi connectivity index (χ1v) is 12.2. The minimum Gasteiger partial charge on any atom is -0.478 e. The molecule has 1 heterocycles. The molecule has 0 radical (unpaired) electrons. The predicted octanol–water partition coefficient (Wildman–Crippen LogP) is 4.82. The Kier molecular flexibility index (Phi) is 7.16. The van der Waals surface area contributed by atoms with Gasteiger partial charge in [-0.05, 0) is 47.1 Å². The fourth-order valence-corrected chi connectivity index (χ4v) is 5.26. The molecule has 3 aromatic rings. The molecule has 0 saturated carbocycles. The Bertz CT molecular complexity index is 1230. The van der Waals surface area contributed by atoms with Crippen LogP contribution >= 0.6 is 11.5 Å². The SMILES string of the molecule is CC[C@H](CC(=O)N(C)c1snc(C)c1C(=O)O)NC(=O)OCC1c2ccccc2-c2ccccc21. The van der Waals surface area contributed by atoms with E-state index in [0.29, 0.717) is 12.1 Å². The van der Waals surface area contributed by atoms with E-state index in [1.165, 1.54) is 11.9 Å². The van der Waals surface area contributed by atoms with E-state index in [1.54, 1.807) is 6.92 Å². The second-order valence-corrected chi connectivity index (χ2v) is 9.24. The first kappa shape index (κ1) is 24.4. The number of alkyl carbamates (subject to hydrolysis) is 1. The number of aromatic nitrogens is 1. The molecule has 2 N–H and O–H groups in total. The molecular weight excluding hydrogens is 466 g/mol. The Labute approximate surface area is 207 Å². The van der Waals surface area contributed by atoms with Gasteiger partial charge in [0.2, 0.25) is 5.91 Å². The number of aromatic carboxylic acids is 1. The van der Waals surface area contributed by atoms with Crippen molar-refractivity contribution >= 4 is 34.5 Å². The van der Waals surface area contributed by atoms with Crippen molar-refractivity contribution in [2.24, 2.45) is 0 Å². The Balaban J connectivity index is 1.37. The van der Waals surface area contributed by atoms with Crippen molar-refractivity contribution < 1.29 is 24.2 Å². The van der Waals surface area contributed by atoms with Gasteiger partial charge >= 0.3 is 12.1 Å². The summed E-state index contributed by atoms with van der Waals surface area (Å²) in [5.41, 5.74) is 4.93. The second-order valence-electron chi connectivity index (χ2n) is 8.49. The van der Waals surface area contributed by atoms with Gasteiger partial charge in [-0.3, -0.25) is 4.79 Å². The van der Waals surface area contributed by atoms with Gasteiger partial charge in [0.1, 0.15) is 17.2 Å². The monoisotopic (exact) mass is 493 g/mol. The average molecular weight is 494 g/mol. The quantitative estimate of drug-likeness (QED) is 0.466. The first-order valence-electron chi connectivity index (χ1n) is 11.4. The van der Waals surface area contributed by atoms with E-state index < -0.39 is 18.1 Å². The zero-order valence-corrected chi connectivity index (χ0v) is 20.6. The van der Waals surface area contributed by atoms with Crippen LogP contribution in [0.5, 0.6) is 0 Å². The number of ether oxygens (including phenoxy) is 1. The number of fused-ring (bicyclic) bond motifs is 3. The van der Waals surface area contributed by atoms with Crippen LogP contribution < -0.4 is 10.2 Å². The number of hydrogen-bond donors (Lipinski definition) is 2. The van der Waals surface area contributed by atoms with Gasteiger partial charge in [-0.2, -0.15) is 4.37 Å². The highest BCUT2D eigenvalue weighted by atomic mass is 32.1. The topological polar surface area (TPSA) is 109 Å². The van der Waals surface area contributed by atoms with Gasteiger partial charge in [-0.1, -0.05) is 55.5 Å². The van der Waals surface area contributed by atoms with Crippen molar-refractivity contribution in [2.45, 2.75) is 38.6 Å².